The fourth-order valence-corrected chi connectivity index (χ4v) is 1.77. The Morgan fingerprint density at radius 3 is 3.40 bits per heavy atom. The summed E-state index contributed by atoms with van der Waals surface area (Å²) in [4.78, 5) is 4.28. The molecule has 1 fully saturated rings. The molecule has 0 saturated carbocycles. The third-order valence-corrected chi connectivity index (χ3v) is 2.53. The zero-order chi connectivity index (χ0) is 10.5. The summed E-state index contributed by atoms with van der Waals surface area (Å²) in [5.41, 5.74) is 0. The minimum atomic E-state index is 0.393. The molecule has 4 heteroatoms. The van der Waals surface area contributed by atoms with Crippen LogP contribution in [-0.4, -0.2) is 28.8 Å². The van der Waals surface area contributed by atoms with E-state index in [0.29, 0.717) is 6.04 Å². The van der Waals surface area contributed by atoms with Gasteiger partial charge >= 0.3 is 0 Å². The van der Waals surface area contributed by atoms with Crippen molar-refractivity contribution in [2.45, 2.75) is 25.4 Å². The van der Waals surface area contributed by atoms with E-state index >= 15 is 0 Å². The van der Waals surface area contributed by atoms with Crippen molar-refractivity contribution in [3.63, 3.8) is 0 Å². The summed E-state index contributed by atoms with van der Waals surface area (Å²) in [6.45, 7) is 6.18. The predicted octanol–water partition coefficient (Wildman–Crippen LogP) is 1.66. The molecule has 1 N–H and O–H groups in total. The molecule has 1 aliphatic heterocycles. The Bertz CT molecular complexity index is 315. The van der Waals surface area contributed by atoms with E-state index in [9.17, 15) is 0 Å². The minimum Gasteiger partial charge on any atom is -0.379 e. The van der Waals surface area contributed by atoms with Crippen molar-refractivity contribution in [2.24, 2.45) is 0 Å². The number of rotatable bonds is 4. The molecule has 0 bridgehead atoms. The molecule has 1 aromatic rings. The Morgan fingerprint density at radius 1 is 1.73 bits per heavy atom. The van der Waals surface area contributed by atoms with Gasteiger partial charge in [0, 0.05) is 25.5 Å². The lowest BCUT2D eigenvalue weighted by Gasteiger charge is -2.23. The number of hydrogen-bond acceptors (Lipinski definition) is 3. The smallest absolute Gasteiger partial charge is 0.203 e. The normalized spacial score (nSPS) is 21.2. The molecule has 2 heterocycles. The fourth-order valence-electron chi connectivity index (χ4n) is 1.77. The van der Waals surface area contributed by atoms with Gasteiger partial charge in [-0.2, -0.15) is 0 Å². The summed E-state index contributed by atoms with van der Waals surface area (Å²) in [6, 6.07) is 0.393. The largest absolute Gasteiger partial charge is 0.379 e. The molecule has 0 aliphatic carbocycles. The van der Waals surface area contributed by atoms with Gasteiger partial charge in [0.1, 0.15) is 0 Å². The van der Waals surface area contributed by atoms with Gasteiger partial charge in [0.25, 0.3) is 0 Å². The summed E-state index contributed by atoms with van der Waals surface area (Å²) < 4.78 is 7.45. The van der Waals surface area contributed by atoms with E-state index in [2.05, 4.69) is 16.9 Å². The second kappa shape index (κ2) is 4.98. The van der Waals surface area contributed by atoms with Gasteiger partial charge < -0.3 is 14.6 Å². The highest BCUT2D eigenvalue weighted by Crippen LogP contribution is 2.12. The first-order valence-electron chi connectivity index (χ1n) is 5.36. The van der Waals surface area contributed by atoms with E-state index in [1.54, 1.807) is 6.20 Å². The maximum absolute atomic E-state index is 5.41. The van der Waals surface area contributed by atoms with Crippen molar-refractivity contribution >= 4 is 5.95 Å². The van der Waals surface area contributed by atoms with Crippen LogP contribution in [0.2, 0.25) is 0 Å². The molecule has 0 amide bonds. The van der Waals surface area contributed by atoms with Crippen LogP contribution >= 0.6 is 0 Å². The first kappa shape index (κ1) is 10.2. The molecule has 82 valence electrons. The third-order valence-electron chi connectivity index (χ3n) is 2.53. The van der Waals surface area contributed by atoms with Gasteiger partial charge in [0.05, 0.1) is 12.6 Å². The van der Waals surface area contributed by atoms with Crippen LogP contribution in [0.4, 0.5) is 5.95 Å². The fraction of sp³-hybridized carbons (Fsp3) is 0.545. The van der Waals surface area contributed by atoms with Gasteiger partial charge in [-0.3, -0.25) is 0 Å². The van der Waals surface area contributed by atoms with Crippen LogP contribution in [0.25, 0.3) is 0 Å². The quantitative estimate of drug-likeness (QED) is 0.763. The van der Waals surface area contributed by atoms with Crippen LogP contribution in [0.15, 0.2) is 25.0 Å². The minimum absolute atomic E-state index is 0.393. The average molecular weight is 207 g/mol. The SMILES string of the molecule is C=CCn1ccnc1NC1CCCOC1. The number of allylic oxidation sites excluding steroid dienone is 1. The lowest BCUT2D eigenvalue weighted by Crippen LogP contribution is -2.31. The molecule has 15 heavy (non-hydrogen) atoms. The van der Waals surface area contributed by atoms with Crippen molar-refractivity contribution in [3.8, 4) is 0 Å². The number of nitrogens with zero attached hydrogens (tertiary/aromatic N) is 2. The van der Waals surface area contributed by atoms with E-state index in [0.717, 1.165) is 38.5 Å². The number of anilines is 1. The second-order valence-corrected chi connectivity index (χ2v) is 3.75. The zero-order valence-corrected chi connectivity index (χ0v) is 8.85. The van der Waals surface area contributed by atoms with Gasteiger partial charge in [0.15, 0.2) is 0 Å². The number of hydrogen-bond donors (Lipinski definition) is 1. The predicted molar refractivity (Wildman–Crippen MR) is 59.9 cm³/mol. The Kier molecular flexibility index (Phi) is 3.40. The molecule has 0 aromatic carbocycles. The van der Waals surface area contributed by atoms with Crippen LogP contribution in [0.3, 0.4) is 0 Å². The van der Waals surface area contributed by atoms with Crippen LogP contribution in [0.5, 0.6) is 0 Å². The van der Waals surface area contributed by atoms with Crippen LogP contribution in [0, 0.1) is 0 Å². The summed E-state index contributed by atoms with van der Waals surface area (Å²) in [5.74, 6) is 0.908. The molecule has 0 spiro atoms. The van der Waals surface area contributed by atoms with Crippen LogP contribution < -0.4 is 5.32 Å². The van der Waals surface area contributed by atoms with Crippen LogP contribution in [0.1, 0.15) is 12.8 Å². The van der Waals surface area contributed by atoms with E-state index < -0.39 is 0 Å². The summed E-state index contributed by atoms with van der Waals surface area (Å²) >= 11 is 0. The molecule has 4 nitrogen and oxygen atoms in total. The molecule has 1 aromatic heterocycles. The number of aromatic nitrogens is 2. The zero-order valence-electron chi connectivity index (χ0n) is 8.85. The standard InChI is InChI=1S/C11H17N3O/c1-2-6-14-7-5-12-11(14)13-10-4-3-8-15-9-10/h2,5,7,10H,1,3-4,6,8-9H2,(H,12,13). The highest BCUT2D eigenvalue weighted by molar-refractivity contribution is 5.28. The van der Waals surface area contributed by atoms with Crippen LogP contribution in [-0.2, 0) is 11.3 Å². The number of imidazole rings is 1. The first-order valence-corrected chi connectivity index (χ1v) is 5.36. The second-order valence-electron chi connectivity index (χ2n) is 3.75. The number of nitrogens with one attached hydrogen (secondary N) is 1. The Balaban J connectivity index is 1.96. The summed E-state index contributed by atoms with van der Waals surface area (Å²) in [5, 5.41) is 3.39. The Morgan fingerprint density at radius 2 is 2.67 bits per heavy atom. The third kappa shape index (κ3) is 2.59. The maximum atomic E-state index is 5.41. The van der Waals surface area contributed by atoms with Gasteiger partial charge in [-0.05, 0) is 12.8 Å². The molecule has 1 saturated heterocycles. The maximum Gasteiger partial charge on any atom is 0.203 e. The van der Waals surface area contributed by atoms with E-state index in [1.807, 2.05) is 16.8 Å². The first-order chi connectivity index (χ1) is 7.40. The molecule has 1 atom stereocenters. The summed E-state index contributed by atoms with van der Waals surface area (Å²) in [6.07, 6.45) is 7.90. The molecule has 1 aliphatic rings. The molecule has 0 radical (unpaired) electrons. The summed E-state index contributed by atoms with van der Waals surface area (Å²) in [7, 11) is 0. The molecule has 2 rings (SSSR count). The highest BCUT2D eigenvalue weighted by Gasteiger charge is 2.15. The van der Waals surface area contributed by atoms with Gasteiger partial charge in [-0.1, -0.05) is 6.08 Å². The topological polar surface area (TPSA) is 39.1 Å². The van der Waals surface area contributed by atoms with Crippen molar-refractivity contribution in [1.82, 2.24) is 9.55 Å². The molecular formula is C11H17N3O. The monoisotopic (exact) mass is 207 g/mol. The lowest BCUT2D eigenvalue weighted by atomic mass is 10.1. The average Bonchev–Trinajstić information content (AvgIpc) is 2.68. The molecule has 1 unspecified atom stereocenters. The van der Waals surface area contributed by atoms with Crippen molar-refractivity contribution in [3.05, 3.63) is 25.0 Å². The number of ether oxygens (including phenoxy) is 1. The van der Waals surface area contributed by atoms with Crippen molar-refractivity contribution in [2.75, 3.05) is 18.5 Å². The van der Waals surface area contributed by atoms with E-state index in [1.165, 1.54) is 0 Å². The van der Waals surface area contributed by atoms with Gasteiger partial charge in [0.2, 0.25) is 5.95 Å². The molecular weight excluding hydrogens is 190 g/mol. The van der Waals surface area contributed by atoms with Crippen molar-refractivity contribution < 1.29 is 4.74 Å². The Labute approximate surface area is 90.0 Å². The van der Waals surface area contributed by atoms with Crippen molar-refractivity contribution in [1.29, 1.82) is 0 Å². The van der Waals surface area contributed by atoms with Gasteiger partial charge in [-0.15, -0.1) is 6.58 Å². The Hall–Kier alpha value is -1.29. The van der Waals surface area contributed by atoms with E-state index in [-0.39, 0.29) is 0 Å². The highest BCUT2D eigenvalue weighted by atomic mass is 16.5. The lowest BCUT2D eigenvalue weighted by molar-refractivity contribution is 0.0873. The van der Waals surface area contributed by atoms with E-state index in [4.69, 9.17) is 4.74 Å². The van der Waals surface area contributed by atoms with Gasteiger partial charge in [-0.25, -0.2) is 4.98 Å².